The Morgan fingerprint density at radius 2 is 1.82 bits per heavy atom. The maximum atomic E-state index is 3.79. The van der Waals surface area contributed by atoms with Crippen molar-refractivity contribution in [3.8, 4) is 0 Å². The fourth-order valence-corrected chi connectivity index (χ4v) is 13.1. The van der Waals surface area contributed by atoms with Gasteiger partial charge >= 0.3 is 91.3 Å². The molecule has 11 heavy (non-hydrogen) atoms. The van der Waals surface area contributed by atoms with Crippen LogP contribution >= 0.6 is 42.0 Å². The minimum absolute atomic E-state index is 0.859. The van der Waals surface area contributed by atoms with Gasteiger partial charge in [0.15, 0.2) is 0 Å². The molecule has 0 aromatic rings. The van der Waals surface area contributed by atoms with Gasteiger partial charge in [-0.1, -0.05) is 0 Å². The van der Waals surface area contributed by atoms with Crippen molar-refractivity contribution >= 4 is 49.8 Å². The second kappa shape index (κ2) is 3.14. The topological polar surface area (TPSA) is 0 Å². The number of halogens is 3. The van der Waals surface area contributed by atoms with Crippen LogP contribution in [0, 0.1) is 11.8 Å². The van der Waals surface area contributed by atoms with Gasteiger partial charge in [-0.25, -0.2) is 0 Å². The third-order valence-corrected chi connectivity index (χ3v) is 15.0. The van der Waals surface area contributed by atoms with E-state index in [1.807, 2.05) is 0 Å². The Balaban J connectivity index is 2.15. The average molecular weight is 405 g/mol. The quantitative estimate of drug-likeness (QED) is 0.456. The zero-order chi connectivity index (χ0) is 8.06. The molecule has 0 nitrogen and oxygen atoms in total. The number of rotatable bonds is 1. The van der Waals surface area contributed by atoms with Crippen LogP contribution in [0.4, 0.5) is 0 Å². The van der Waals surface area contributed by atoms with Crippen LogP contribution < -0.4 is 0 Å². The summed E-state index contributed by atoms with van der Waals surface area (Å²) in [5, 5.41) is 0. The Kier molecular flexibility index (Phi) is 2.65. The summed E-state index contributed by atoms with van der Waals surface area (Å²) in [5.41, 5.74) is 0. The molecule has 0 saturated heterocycles. The van der Waals surface area contributed by atoms with Gasteiger partial charge in [-0.05, 0) is 0 Å². The van der Waals surface area contributed by atoms with Gasteiger partial charge in [0.1, 0.15) is 0 Å². The summed E-state index contributed by atoms with van der Waals surface area (Å²) in [4.78, 5) is 0. The van der Waals surface area contributed by atoms with Gasteiger partial charge in [0.25, 0.3) is 0 Å². The van der Waals surface area contributed by atoms with Crippen molar-refractivity contribution < 1.29 is 0 Å². The van der Waals surface area contributed by atoms with Gasteiger partial charge in [0.2, 0.25) is 0 Å². The number of allylic oxidation sites excluding steroid dienone is 2. The van der Waals surface area contributed by atoms with E-state index in [1.165, 1.54) is 12.8 Å². The van der Waals surface area contributed by atoms with Crippen LogP contribution in [-0.2, 0) is 0 Å². The predicted molar refractivity (Wildman–Crippen MR) is 61.6 cm³/mol. The third-order valence-electron chi connectivity index (χ3n) is 2.70. The molecule has 2 rings (SSSR count). The molecular formula is C7H9Br3Ge. The summed E-state index contributed by atoms with van der Waals surface area (Å²) in [6.07, 6.45) is 7.59. The molecule has 1 fully saturated rings. The van der Waals surface area contributed by atoms with Gasteiger partial charge in [0, 0.05) is 0 Å². The molecule has 3 atom stereocenters. The van der Waals surface area contributed by atoms with E-state index in [9.17, 15) is 0 Å². The van der Waals surface area contributed by atoms with Crippen LogP contribution in [0.5, 0.6) is 0 Å². The molecule has 62 valence electrons. The third kappa shape index (κ3) is 1.81. The molecular weight excluding hydrogens is 396 g/mol. The number of hydrogen-bond donors (Lipinski definition) is 0. The summed E-state index contributed by atoms with van der Waals surface area (Å²) in [5.74, 6) is 1.75. The normalized spacial score (nSPS) is 41.9. The van der Waals surface area contributed by atoms with Gasteiger partial charge in [0.05, 0.1) is 0 Å². The van der Waals surface area contributed by atoms with E-state index in [2.05, 4.69) is 54.2 Å². The molecule has 0 aliphatic heterocycles. The standard InChI is InChI=1S/C7H9Br3Ge/c8-11(9,10)7-4-5-1-2-6(7)3-5/h1-2,5-7H,3-4H2/t5-,6+,7-/m0/s1. The average Bonchev–Trinajstić information content (AvgIpc) is 2.42. The van der Waals surface area contributed by atoms with Crippen LogP contribution in [0.2, 0.25) is 4.75 Å². The Bertz CT molecular complexity index is 196. The second-order valence-electron chi connectivity index (χ2n) is 3.43. The molecule has 0 heterocycles. The number of hydrogen-bond acceptors (Lipinski definition) is 0. The minimum atomic E-state index is -1.87. The molecule has 2 aliphatic rings. The van der Waals surface area contributed by atoms with Gasteiger partial charge in [-0.15, -0.1) is 0 Å². The van der Waals surface area contributed by atoms with Crippen molar-refractivity contribution in [3.63, 3.8) is 0 Å². The summed E-state index contributed by atoms with van der Waals surface area (Å²) >= 11 is 11.4. The first kappa shape index (κ1) is 9.28. The molecule has 0 aromatic heterocycles. The van der Waals surface area contributed by atoms with E-state index in [4.69, 9.17) is 0 Å². The van der Waals surface area contributed by atoms with Gasteiger partial charge in [-0.2, -0.15) is 0 Å². The van der Waals surface area contributed by atoms with Crippen LogP contribution in [-0.4, -0.2) is 7.74 Å². The molecule has 4 heteroatoms. The molecule has 1 saturated carbocycles. The van der Waals surface area contributed by atoms with Crippen molar-refractivity contribution in [1.29, 1.82) is 0 Å². The second-order valence-corrected chi connectivity index (χ2v) is 43.3. The summed E-state index contributed by atoms with van der Waals surface area (Å²) in [7, 11) is -1.87. The van der Waals surface area contributed by atoms with Crippen LogP contribution in [0.15, 0.2) is 12.2 Å². The Morgan fingerprint density at radius 1 is 1.09 bits per heavy atom. The molecule has 0 unspecified atom stereocenters. The zero-order valence-electron chi connectivity index (χ0n) is 5.93. The first-order valence-electron chi connectivity index (χ1n) is 3.82. The molecule has 0 spiro atoms. The van der Waals surface area contributed by atoms with Crippen LogP contribution in [0.1, 0.15) is 12.8 Å². The van der Waals surface area contributed by atoms with E-state index < -0.39 is 7.74 Å². The first-order chi connectivity index (χ1) is 5.07. The van der Waals surface area contributed by atoms with E-state index in [-0.39, 0.29) is 0 Å². The fraction of sp³-hybridized carbons (Fsp3) is 0.714. The Hall–Kier alpha value is 1.72. The molecule has 0 amide bonds. The van der Waals surface area contributed by atoms with E-state index in [1.54, 1.807) is 0 Å². The van der Waals surface area contributed by atoms with Crippen LogP contribution in [0.3, 0.4) is 0 Å². The van der Waals surface area contributed by atoms with Crippen LogP contribution in [0.25, 0.3) is 0 Å². The molecule has 2 bridgehead atoms. The van der Waals surface area contributed by atoms with E-state index >= 15 is 0 Å². The van der Waals surface area contributed by atoms with E-state index in [0.29, 0.717) is 0 Å². The molecule has 0 N–H and O–H groups in total. The first-order valence-corrected chi connectivity index (χ1v) is 19.8. The van der Waals surface area contributed by atoms with Crippen molar-refractivity contribution in [2.24, 2.45) is 11.8 Å². The summed E-state index contributed by atoms with van der Waals surface area (Å²) in [6.45, 7) is 0. The zero-order valence-corrected chi connectivity index (χ0v) is 12.8. The van der Waals surface area contributed by atoms with Crippen molar-refractivity contribution in [1.82, 2.24) is 0 Å². The SMILES string of the molecule is [Br][Ge]([Br])([Br])[C@H]1C[C@H]2C=C[C@@H]1C2. The summed E-state index contributed by atoms with van der Waals surface area (Å²) < 4.78 is 0.894. The monoisotopic (exact) mass is 404 g/mol. The predicted octanol–water partition coefficient (Wildman–Crippen LogP) is 4.08. The van der Waals surface area contributed by atoms with Gasteiger partial charge in [-0.3, -0.25) is 0 Å². The summed E-state index contributed by atoms with van der Waals surface area (Å²) in [6, 6.07) is 0. The van der Waals surface area contributed by atoms with Crippen molar-refractivity contribution in [2.75, 3.05) is 0 Å². The number of fused-ring (bicyclic) bond motifs is 2. The van der Waals surface area contributed by atoms with Crippen molar-refractivity contribution in [3.05, 3.63) is 12.2 Å². The van der Waals surface area contributed by atoms with E-state index in [0.717, 1.165) is 16.6 Å². The molecule has 0 aromatic carbocycles. The van der Waals surface area contributed by atoms with Crippen molar-refractivity contribution in [2.45, 2.75) is 17.6 Å². The molecule has 2 aliphatic carbocycles. The Labute approximate surface area is 90.4 Å². The van der Waals surface area contributed by atoms with Gasteiger partial charge < -0.3 is 0 Å². The maximum absolute atomic E-state index is 3.79. The fourth-order valence-electron chi connectivity index (χ4n) is 2.16. The Morgan fingerprint density at radius 3 is 2.09 bits per heavy atom. The molecule has 0 radical (unpaired) electrons.